The minimum atomic E-state index is -0.455. The lowest BCUT2D eigenvalue weighted by atomic mass is 10.1. The molecule has 116 valence electrons. The molecule has 1 aromatic rings. The number of ether oxygens (including phenoxy) is 2. The Hall–Kier alpha value is -1.42. The number of hydrogen-bond donors (Lipinski definition) is 0. The highest BCUT2D eigenvalue weighted by atomic mass is 35.5. The molecular weight excluding hydrogens is 290 g/mol. The highest BCUT2D eigenvalue weighted by Crippen LogP contribution is 2.25. The van der Waals surface area contributed by atoms with E-state index in [0.717, 1.165) is 6.42 Å². The molecule has 0 aliphatic carbocycles. The van der Waals surface area contributed by atoms with Gasteiger partial charge in [-0.3, -0.25) is 0 Å². The van der Waals surface area contributed by atoms with E-state index in [4.69, 9.17) is 21.1 Å². The molecule has 1 aliphatic rings. The lowest BCUT2D eigenvalue weighted by Crippen LogP contribution is -2.35. The van der Waals surface area contributed by atoms with Gasteiger partial charge in [0.1, 0.15) is 11.4 Å². The topological polar surface area (TPSA) is 38.8 Å². The normalized spacial score (nSPS) is 18.7. The Balaban J connectivity index is 1.80. The second kappa shape index (κ2) is 6.56. The van der Waals surface area contributed by atoms with Gasteiger partial charge >= 0.3 is 6.09 Å². The van der Waals surface area contributed by atoms with Gasteiger partial charge in [-0.1, -0.05) is 23.7 Å². The monoisotopic (exact) mass is 311 g/mol. The Bertz CT molecular complexity index is 499. The summed E-state index contributed by atoms with van der Waals surface area (Å²) in [6.45, 7) is 7.56. The molecule has 1 atom stereocenters. The molecule has 1 heterocycles. The summed E-state index contributed by atoms with van der Waals surface area (Å²) < 4.78 is 11.1. The van der Waals surface area contributed by atoms with Gasteiger partial charge in [0, 0.05) is 19.0 Å². The van der Waals surface area contributed by atoms with Crippen molar-refractivity contribution in [2.45, 2.75) is 32.8 Å². The van der Waals surface area contributed by atoms with E-state index >= 15 is 0 Å². The fraction of sp³-hybridized carbons (Fsp3) is 0.562. The largest absolute Gasteiger partial charge is 0.492 e. The average Bonchev–Trinajstić information content (AvgIpc) is 2.85. The van der Waals surface area contributed by atoms with Crippen LogP contribution in [0.2, 0.25) is 5.02 Å². The van der Waals surface area contributed by atoms with Gasteiger partial charge in [-0.25, -0.2) is 4.79 Å². The van der Waals surface area contributed by atoms with Gasteiger partial charge in [0.05, 0.1) is 11.6 Å². The molecule has 1 aliphatic heterocycles. The van der Waals surface area contributed by atoms with Gasteiger partial charge in [0.15, 0.2) is 0 Å². The molecule has 4 nitrogen and oxygen atoms in total. The summed E-state index contributed by atoms with van der Waals surface area (Å²) >= 11 is 6.05. The molecule has 0 N–H and O–H groups in total. The van der Waals surface area contributed by atoms with Crippen LogP contribution in [0.25, 0.3) is 0 Å². The maximum atomic E-state index is 12.0. The molecule has 1 amide bonds. The van der Waals surface area contributed by atoms with Gasteiger partial charge in [0.2, 0.25) is 0 Å². The van der Waals surface area contributed by atoms with Gasteiger partial charge in [-0.15, -0.1) is 0 Å². The zero-order chi connectivity index (χ0) is 15.5. The quantitative estimate of drug-likeness (QED) is 0.847. The molecule has 1 aromatic carbocycles. The van der Waals surface area contributed by atoms with E-state index in [1.165, 1.54) is 0 Å². The summed E-state index contributed by atoms with van der Waals surface area (Å²) in [7, 11) is 0. The maximum Gasteiger partial charge on any atom is 0.410 e. The summed E-state index contributed by atoms with van der Waals surface area (Å²) in [6, 6.07) is 7.42. The predicted molar refractivity (Wildman–Crippen MR) is 82.9 cm³/mol. The van der Waals surface area contributed by atoms with Crippen molar-refractivity contribution in [3.63, 3.8) is 0 Å². The van der Waals surface area contributed by atoms with Crippen LogP contribution in [-0.4, -0.2) is 36.3 Å². The summed E-state index contributed by atoms with van der Waals surface area (Å²) in [5, 5.41) is 0.611. The number of carbonyl (C=O) groups excluding carboxylic acids is 1. The number of benzene rings is 1. The first kappa shape index (κ1) is 16.0. The predicted octanol–water partition coefficient (Wildman–Crippen LogP) is 3.98. The third kappa shape index (κ3) is 4.81. The fourth-order valence-corrected chi connectivity index (χ4v) is 2.42. The SMILES string of the molecule is CC(C)(C)OC(=O)N1CC[C@H](COc2ccccc2Cl)C1. The zero-order valence-electron chi connectivity index (χ0n) is 12.8. The van der Waals surface area contributed by atoms with E-state index in [0.29, 0.717) is 36.4 Å². The summed E-state index contributed by atoms with van der Waals surface area (Å²) in [6.07, 6.45) is 0.673. The Kier molecular flexibility index (Phi) is 4.99. The average molecular weight is 312 g/mol. The number of likely N-dealkylation sites (tertiary alicyclic amines) is 1. The number of para-hydroxylation sites is 1. The third-order valence-corrected chi connectivity index (χ3v) is 3.56. The smallest absolute Gasteiger partial charge is 0.410 e. The number of carbonyl (C=O) groups is 1. The standard InChI is InChI=1S/C16H22ClNO3/c1-16(2,3)21-15(19)18-9-8-12(10-18)11-20-14-7-5-4-6-13(14)17/h4-7,12H,8-11H2,1-3H3/t12-/m0/s1. The summed E-state index contributed by atoms with van der Waals surface area (Å²) in [4.78, 5) is 13.7. The van der Waals surface area contributed by atoms with Crippen molar-refractivity contribution in [2.75, 3.05) is 19.7 Å². The molecule has 2 rings (SSSR count). The number of amides is 1. The highest BCUT2D eigenvalue weighted by Gasteiger charge is 2.30. The molecule has 0 radical (unpaired) electrons. The van der Waals surface area contributed by atoms with Crippen molar-refractivity contribution >= 4 is 17.7 Å². The molecule has 1 fully saturated rings. The minimum Gasteiger partial charge on any atom is -0.492 e. The second-order valence-corrected chi connectivity index (χ2v) is 6.73. The van der Waals surface area contributed by atoms with Gasteiger partial charge in [-0.2, -0.15) is 0 Å². The van der Waals surface area contributed by atoms with Crippen molar-refractivity contribution in [3.05, 3.63) is 29.3 Å². The first-order chi connectivity index (χ1) is 9.85. The van der Waals surface area contributed by atoms with Crippen molar-refractivity contribution in [1.82, 2.24) is 4.90 Å². The van der Waals surface area contributed by atoms with Crippen LogP contribution in [0.15, 0.2) is 24.3 Å². The number of nitrogens with zero attached hydrogens (tertiary/aromatic N) is 1. The molecule has 0 saturated carbocycles. The van der Waals surface area contributed by atoms with Crippen LogP contribution < -0.4 is 4.74 Å². The van der Waals surface area contributed by atoms with Crippen molar-refractivity contribution < 1.29 is 14.3 Å². The molecule has 1 saturated heterocycles. The Morgan fingerprint density at radius 2 is 2.10 bits per heavy atom. The molecule has 5 heteroatoms. The highest BCUT2D eigenvalue weighted by molar-refractivity contribution is 6.32. The Labute approximate surface area is 131 Å². The molecule has 0 aromatic heterocycles. The van der Waals surface area contributed by atoms with E-state index in [-0.39, 0.29) is 6.09 Å². The van der Waals surface area contributed by atoms with Crippen LogP contribution in [0.5, 0.6) is 5.75 Å². The van der Waals surface area contributed by atoms with Crippen LogP contribution in [0, 0.1) is 5.92 Å². The third-order valence-electron chi connectivity index (χ3n) is 3.25. The lowest BCUT2D eigenvalue weighted by molar-refractivity contribution is 0.0285. The van der Waals surface area contributed by atoms with Crippen molar-refractivity contribution in [2.24, 2.45) is 5.92 Å². The van der Waals surface area contributed by atoms with Crippen molar-refractivity contribution in [1.29, 1.82) is 0 Å². The van der Waals surface area contributed by atoms with Gasteiger partial charge < -0.3 is 14.4 Å². The van der Waals surface area contributed by atoms with Crippen LogP contribution in [0.4, 0.5) is 4.79 Å². The van der Waals surface area contributed by atoms with Crippen LogP contribution in [-0.2, 0) is 4.74 Å². The summed E-state index contributed by atoms with van der Waals surface area (Å²) in [5.74, 6) is 1.00. The zero-order valence-corrected chi connectivity index (χ0v) is 13.5. The van der Waals surface area contributed by atoms with Crippen molar-refractivity contribution in [3.8, 4) is 5.75 Å². The molecule has 0 bridgehead atoms. The number of halogens is 1. The van der Waals surface area contributed by atoms with Crippen LogP contribution in [0.1, 0.15) is 27.2 Å². The molecule has 21 heavy (non-hydrogen) atoms. The first-order valence-corrected chi connectivity index (χ1v) is 7.58. The molecular formula is C16H22ClNO3. The summed E-state index contributed by atoms with van der Waals surface area (Å²) in [5.41, 5.74) is -0.455. The maximum absolute atomic E-state index is 12.0. The fourth-order valence-electron chi connectivity index (χ4n) is 2.23. The number of rotatable bonds is 3. The Morgan fingerprint density at radius 1 is 1.38 bits per heavy atom. The van der Waals surface area contributed by atoms with Gasteiger partial charge in [-0.05, 0) is 39.3 Å². The number of hydrogen-bond acceptors (Lipinski definition) is 3. The van der Waals surface area contributed by atoms with Crippen LogP contribution >= 0.6 is 11.6 Å². The van der Waals surface area contributed by atoms with E-state index in [1.54, 1.807) is 11.0 Å². The second-order valence-electron chi connectivity index (χ2n) is 6.32. The minimum absolute atomic E-state index is 0.247. The molecule has 0 spiro atoms. The lowest BCUT2D eigenvalue weighted by Gasteiger charge is -2.24. The van der Waals surface area contributed by atoms with E-state index < -0.39 is 5.60 Å². The molecule has 0 unspecified atom stereocenters. The van der Waals surface area contributed by atoms with E-state index in [2.05, 4.69) is 0 Å². The van der Waals surface area contributed by atoms with E-state index in [9.17, 15) is 4.79 Å². The van der Waals surface area contributed by atoms with Gasteiger partial charge in [0.25, 0.3) is 0 Å². The van der Waals surface area contributed by atoms with E-state index in [1.807, 2.05) is 39.0 Å². The first-order valence-electron chi connectivity index (χ1n) is 7.20. The van der Waals surface area contributed by atoms with Crippen LogP contribution in [0.3, 0.4) is 0 Å². The Morgan fingerprint density at radius 3 is 2.76 bits per heavy atom.